The molecule has 32 heavy (non-hydrogen) atoms. The normalized spacial score (nSPS) is 15.9. The van der Waals surface area contributed by atoms with Crippen LogP contribution < -0.4 is 15.8 Å². The molecular formula is C25H31N3O4. The van der Waals surface area contributed by atoms with Crippen LogP contribution in [0.15, 0.2) is 42.5 Å². The summed E-state index contributed by atoms with van der Waals surface area (Å²) in [6.45, 7) is 8.13. The van der Waals surface area contributed by atoms with Gasteiger partial charge in [-0.25, -0.2) is 4.79 Å². The van der Waals surface area contributed by atoms with Crippen molar-refractivity contribution in [3.05, 3.63) is 42.5 Å². The third kappa shape index (κ3) is 4.53. The number of carbonyl (C=O) groups excluding carboxylic acids is 1. The molecule has 1 fully saturated rings. The average Bonchev–Trinajstić information content (AvgIpc) is 3.38. The maximum absolute atomic E-state index is 12.1. The van der Waals surface area contributed by atoms with E-state index in [2.05, 4.69) is 36.7 Å². The SMILES string of the molecule is CCCOc1ccc2c(N)c(-c3ccc(NC(=O)OC4CCOC4)cc3)n(C(C)C)c2c1. The Morgan fingerprint density at radius 1 is 1.25 bits per heavy atom. The number of ether oxygens (including phenoxy) is 3. The van der Waals surface area contributed by atoms with Crippen LogP contribution in [0.25, 0.3) is 22.2 Å². The lowest BCUT2D eigenvalue weighted by atomic mass is 10.1. The number of rotatable bonds is 7. The Balaban J connectivity index is 1.61. The van der Waals surface area contributed by atoms with E-state index < -0.39 is 6.09 Å². The van der Waals surface area contributed by atoms with Crippen molar-refractivity contribution in [1.29, 1.82) is 0 Å². The van der Waals surface area contributed by atoms with Crippen molar-refractivity contribution in [3.63, 3.8) is 0 Å². The van der Waals surface area contributed by atoms with Crippen molar-refractivity contribution in [2.45, 2.75) is 45.8 Å². The van der Waals surface area contributed by atoms with Crippen LogP contribution in [-0.2, 0) is 9.47 Å². The first-order valence-corrected chi connectivity index (χ1v) is 11.2. The van der Waals surface area contributed by atoms with E-state index in [1.165, 1.54) is 0 Å². The molecule has 7 heteroatoms. The molecule has 1 aromatic heterocycles. The molecule has 0 aliphatic carbocycles. The minimum Gasteiger partial charge on any atom is -0.494 e. The number of amides is 1. The molecule has 0 radical (unpaired) electrons. The fourth-order valence-electron chi connectivity index (χ4n) is 4.07. The van der Waals surface area contributed by atoms with Gasteiger partial charge < -0.3 is 24.5 Å². The number of nitrogens with one attached hydrogen (secondary N) is 1. The first-order valence-electron chi connectivity index (χ1n) is 11.2. The van der Waals surface area contributed by atoms with Gasteiger partial charge in [0.1, 0.15) is 11.9 Å². The number of anilines is 2. The highest BCUT2D eigenvalue weighted by Gasteiger charge is 2.21. The predicted octanol–water partition coefficient (Wildman–Crippen LogP) is 5.60. The number of nitrogens with two attached hydrogens (primary N) is 1. The van der Waals surface area contributed by atoms with Crippen LogP contribution in [0, 0.1) is 0 Å². The molecule has 0 bridgehead atoms. The second-order valence-corrected chi connectivity index (χ2v) is 8.35. The lowest BCUT2D eigenvalue weighted by molar-refractivity contribution is 0.0932. The number of hydrogen-bond acceptors (Lipinski definition) is 5. The number of fused-ring (bicyclic) bond motifs is 1. The summed E-state index contributed by atoms with van der Waals surface area (Å²) in [5.41, 5.74) is 11.0. The van der Waals surface area contributed by atoms with Crippen molar-refractivity contribution in [2.24, 2.45) is 0 Å². The van der Waals surface area contributed by atoms with Crippen LogP contribution >= 0.6 is 0 Å². The van der Waals surface area contributed by atoms with Gasteiger partial charge in [-0.05, 0) is 44.5 Å². The van der Waals surface area contributed by atoms with Gasteiger partial charge in [-0.3, -0.25) is 5.32 Å². The van der Waals surface area contributed by atoms with E-state index >= 15 is 0 Å². The van der Waals surface area contributed by atoms with Gasteiger partial charge in [-0.1, -0.05) is 19.1 Å². The quantitative estimate of drug-likeness (QED) is 0.502. The Morgan fingerprint density at radius 3 is 2.69 bits per heavy atom. The Labute approximate surface area is 188 Å². The number of nitrogen functional groups attached to an aromatic ring is 1. The summed E-state index contributed by atoms with van der Waals surface area (Å²) in [5, 5.41) is 3.78. The molecule has 1 aliphatic heterocycles. The summed E-state index contributed by atoms with van der Waals surface area (Å²) in [4.78, 5) is 12.1. The Bertz CT molecular complexity index is 1080. The Kier molecular flexibility index (Phi) is 6.55. The summed E-state index contributed by atoms with van der Waals surface area (Å²) in [6.07, 6.45) is 1.04. The summed E-state index contributed by atoms with van der Waals surface area (Å²) in [5.74, 6) is 0.844. The molecule has 0 spiro atoms. The molecule has 170 valence electrons. The Hall–Kier alpha value is -3.19. The smallest absolute Gasteiger partial charge is 0.411 e. The number of carbonyl (C=O) groups is 1. The van der Waals surface area contributed by atoms with Crippen LogP contribution in [0.4, 0.5) is 16.2 Å². The van der Waals surface area contributed by atoms with E-state index in [0.29, 0.717) is 25.5 Å². The zero-order chi connectivity index (χ0) is 22.7. The third-order valence-corrected chi connectivity index (χ3v) is 5.57. The molecule has 1 aliphatic rings. The number of aromatic nitrogens is 1. The first-order chi connectivity index (χ1) is 15.5. The summed E-state index contributed by atoms with van der Waals surface area (Å²) >= 11 is 0. The minimum absolute atomic E-state index is 0.179. The van der Waals surface area contributed by atoms with Gasteiger partial charge in [0.25, 0.3) is 0 Å². The van der Waals surface area contributed by atoms with Crippen LogP contribution in [0.1, 0.15) is 39.7 Å². The fraction of sp³-hybridized carbons (Fsp3) is 0.400. The van der Waals surface area contributed by atoms with Crippen molar-refractivity contribution in [3.8, 4) is 17.0 Å². The largest absolute Gasteiger partial charge is 0.494 e. The number of nitrogens with zero attached hydrogens (tertiary/aromatic N) is 1. The van der Waals surface area contributed by atoms with E-state index in [-0.39, 0.29) is 12.1 Å². The van der Waals surface area contributed by atoms with Crippen LogP contribution in [0.2, 0.25) is 0 Å². The van der Waals surface area contributed by atoms with Crippen molar-refractivity contribution in [1.82, 2.24) is 4.57 Å². The second-order valence-electron chi connectivity index (χ2n) is 8.35. The maximum Gasteiger partial charge on any atom is 0.411 e. The van der Waals surface area contributed by atoms with Crippen molar-refractivity contribution >= 4 is 28.4 Å². The van der Waals surface area contributed by atoms with Gasteiger partial charge in [-0.15, -0.1) is 0 Å². The van der Waals surface area contributed by atoms with Gasteiger partial charge in [0.05, 0.1) is 36.7 Å². The molecule has 0 saturated carbocycles. The monoisotopic (exact) mass is 437 g/mol. The minimum atomic E-state index is -0.469. The zero-order valence-corrected chi connectivity index (χ0v) is 18.9. The van der Waals surface area contributed by atoms with Gasteiger partial charge in [-0.2, -0.15) is 0 Å². The third-order valence-electron chi connectivity index (χ3n) is 5.57. The molecule has 1 unspecified atom stereocenters. The first kappa shape index (κ1) is 22.0. The molecule has 1 atom stereocenters. The van der Waals surface area contributed by atoms with Gasteiger partial charge >= 0.3 is 6.09 Å². The highest BCUT2D eigenvalue weighted by molar-refractivity contribution is 6.01. The highest BCUT2D eigenvalue weighted by Crippen LogP contribution is 2.40. The second kappa shape index (κ2) is 9.53. The molecule has 2 aromatic carbocycles. The van der Waals surface area contributed by atoms with E-state index in [1.54, 1.807) is 0 Å². The number of hydrogen-bond donors (Lipinski definition) is 2. The molecule has 7 nitrogen and oxygen atoms in total. The molecule has 3 aromatic rings. The van der Waals surface area contributed by atoms with Gasteiger partial charge in [0, 0.05) is 35.2 Å². The highest BCUT2D eigenvalue weighted by atomic mass is 16.6. The standard InChI is InChI=1S/C25H31N3O4/c1-4-12-31-19-9-10-21-22(14-19)28(16(2)3)24(23(21)26)17-5-7-18(8-6-17)27-25(29)32-20-11-13-30-15-20/h5-10,14,16,20H,4,11-13,15,26H2,1-3H3,(H,27,29). The summed E-state index contributed by atoms with van der Waals surface area (Å²) in [6, 6.07) is 13.9. The lowest BCUT2D eigenvalue weighted by Crippen LogP contribution is -2.22. The van der Waals surface area contributed by atoms with E-state index in [1.807, 2.05) is 36.4 Å². The van der Waals surface area contributed by atoms with Gasteiger partial charge in [0.2, 0.25) is 0 Å². The lowest BCUT2D eigenvalue weighted by Gasteiger charge is -2.16. The average molecular weight is 438 g/mol. The van der Waals surface area contributed by atoms with Gasteiger partial charge in [0.15, 0.2) is 0 Å². The van der Waals surface area contributed by atoms with E-state index in [4.69, 9.17) is 19.9 Å². The molecule has 2 heterocycles. The summed E-state index contributed by atoms with van der Waals surface area (Å²) in [7, 11) is 0. The number of benzene rings is 2. The van der Waals surface area contributed by atoms with E-state index in [0.717, 1.165) is 46.4 Å². The molecule has 1 amide bonds. The molecular weight excluding hydrogens is 406 g/mol. The van der Waals surface area contributed by atoms with Crippen LogP contribution in [0.5, 0.6) is 5.75 Å². The molecule has 1 saturated heterocycles. The topological polar surface area (TPSA) is 87.7 Å². The Morgan fingerprint density at radius 2 is 2.03 bits per heavy atom. The van der Waals surface area contributed by atoms with Crippen LogP contribution in [0.3, 0.4) is 0 Å². The van der Waals surface area contributed by atoms with Crippen molar-refractivity contribution < 1.29 is 19.0 Å². The fourth-order valence-corrected chi connectivity index (χ4v) is 4.07. The predicted molar refractivity (Wildman–Crippen MR) is 127 cm³/mol. The zero-order valence-electron chi connectivity index (χ0n) is 18.9. The molecule has 3 N–H and O–H groups in total. The summed E-state index contributed by atoms with van der Waals surface area (Å²) < 4.78 is 18.7. The maximum atomic E-state index is 12.1. The van der Waals surface area contributed by atoms with E-state index in [9.17, 15) is 4.79 Å². The van der Waals surface area contributed by atoms with Crippen LogP contribution in [-0.4, -0.2) is 36.6 Å². The molecule has 4 rings (SSSR count). The van der Waals surface area contributed by atoms with Crippen molar-refractivity contribution in [2.75, 3.05) is 30.9 Å².